The molecule has 2 N–H and O–H groups in total. The normalized spacial score (nSPS) is 12.7. The summed E-state index contributed by atoms with van der Waals surface area (Å²) in [7, 11) is 0. The molecule has 0 fully saturated rings. The van der Waals surface area contributed by atoms with E-state index in [1.165, 1.54) is 5.56 Å². The number of carbonyl (C=O) groups is 2. The number of nitrogens with zero attached hydrogens (tertiary/aromatic N) is 2. The Morgan fingerprint density at radius 2 is 1.05 bits per heavy atom. The molecule has 0 radical (unpaired) electrons. The zero-order valence-corrected chi connectivity index (χ0v) is 31.1. The van der Waals surface area contributed by atoms with Crippen molar-refractivity contribution in [1.29, 1.82) is 0 Å². The van der Waals surface area contributed by atoms with Gasteiger partial charge in [-0.2, -0.15) is 0 Å². The van der Waals surface area contributed by atoms with E-state index in [0.717, 1.165) is 91.0 Å². The van der Waals surface area contributed by atoms with Crippen LogP contribution < -0.4 is 69.3 Å². The molecule has 0 atom stereocenters. The molecule has 218 valence electrons. The first-order valence-electron chi connectivity index (χ1n) is 14.6. The number of aromatic nitrogens is 4. The topological polar surface area (TPSA) is 138 Å². The molecule has 44 heavy (non-hydrogen) atoms. The summed E-state index contributed by atoms with van der Waals surface area (Å²) < 4.78 is 0. The number of aliphatic carboxylic acids is 2. The molecule has 10 heteroatoms. The minimum atomic E-state index is -1.12. The molecular formula is C34H36N4Na2O4. The van der Waals surface area contributed by atoms with Gasteiger partial charge in [-0.05, 0) is 135 Å². The van der Waals surface area contributed by atoms with Crippen LogP contribution in [0.1, 0.15) is 98.4 Å². The van der Waals surface area contributed by atoms with Gasteiger partial charge in [0.2, 0.25) is 0 Å². The maximum atomic E-state index is 11.4. The number of allylic oxidation sites excluding steroid dienone is 4. The molecule has 0 aliphatic carbocycles. The summed E-state index contributed by atoms with van der Waals surface area (Å²) in [6, 6.07) is 8.09. The van der Waals surface area contributed by atoms with Gasteiger partial charge in [0.25, 0.3) is 0 Å². The largest absolute Gasteiger partial charge is 1.00 e. The van der Waals surface area contributed by atoms with Crippen molar-refractivity contribution in [3.8, 4) is 0 Å². The van der Waals surface area contributed by atoms with Gasteiger partial charge < -0.3 is 29.8 Å². The van der Waals surface area contributed by atoms with E-state index < -0.39 is 11.9 Å². The van der Waals surface area contributed by atoms with Crippen LogP contribution in [0.5, 0.6) is 0 Å². The molecule has 3 aromatic heterocycles. The number of hydrogen-bond donors (Lipinski definition) is 2. The van der Waals surface area contributed by atoms with Crippen LogP contribution in [-0.2, 0) is 22.4 Å². The minimum absolute atomic E-state index is 0. The van der Waals surface area contributed by atoms with Crippen molar-refractivity contribution in [3.05, 3.63) is 69.3 Å². The molecule has 0 saturated heterocycles. The Hall–Kier alpha value is -2.46. The van der Waals surface area contributed by atoms with Gasteiger partial charge in [-0.3, -0.25) is 0 Å². The first-order valence-corrected chi connectivity index (χ1v) is 14.6. The number of H-pyrrole nitrogens is 2. The van der Waals surface area contributed by atoms with Gasteiger partial charge in [-0.1, -0.05) is 13.8 Å². The van der Waals surface area contributed by atoms with E-state index in [1.54, 1.807) is 0 Å². The standard InChI is InChI=1S/C34H38N4O4.2Na/c1-7-21-17(3)25-13-26-19(5)23(9-11-33(39)40)31(37-26)16-32-24(10-12-34(41)42)20(6)28(38-32)15-30-22(8-2)18(4)27(36-30)14-29(21)35-25;;/h13-16,35,38H,7-12H2,1-6H3,(H,39,40)(H,41,42);;/q;2*+1/p-2. The third-order valence-corrected chi connectivity index (χ3v) is 8.67. The number of fused-ring (bicyclic) bond motifs is 8. The maximum Gasteiger partial charge on any atom is 1.00 e. The smallest absolute Gasteiger partial charge is 0.550 e. The van der Waals surface area contributed by atoms with Gasteiger partial charge in [0, 0.05) is 34.0 Å². The van der Waals surface area contributed by atoms with Gasteiger partial charge in [-0.25, -0.2) is 9.97 Å². The van der Waals surface area contributed by atoms with Crippen molar-refractivity contribution in [3.63, 3.8) is 0 Å². The van der Waals surface area contributed by atoms with E-state index in [9.17, 15) is 19.8 Å². The maximum absolute atomic E-state index is 11.4. The molecule has 8 nitrogen and oxygen atoms in total. The number of carboxylic acids is 2. The quantitative estimate of drug-likeness (QED) is 0.314. The van der Waals surface area contributed by atoms with E-state index in [0.29, 0.717) is 5.69 Å². The van der Waals surface area contributed by atoms with Crippen LogP contribution >= 0.6 is 0 Å². The van der Waals surface area contributed by atoms with Crippen molar-refractivity contribution < 1.29 is 78.9 Å². The first kappa shape index (κ1) is 36.0. The van der Waals surface area contributed by atoms with Crippen LogP contribution in [0.2, 0.25) is 0 Å². The Bertz CT molecular complexity index is 1860. The van der Waals surface area contributed by atoms with Gasteiger partial charge >= 0.3 is 59.1 Å². The summed E-state index contributed by atoms with van der Waals surface area (Å²) in [5.41, 5.74) is 14.9. The van der Waals surface area contributed by atoms with Gasteiger partial charge in [-0.15, -0.1) is 0 Å². The number of hydrogen-bond acceptors (Lipinski definition) is 6. The third-order valence-electron chi connectivity index (χ3n) is 8.67. The van der Waals surface area contributed by atoms with Crippen molar-refractivity contribution in [2.75, 3.05) is 0 Å². The van der Waals surface area contributed by atoms with Crippen LogP contribution in [0.25, 0.3) is 44.4 Å². The van der Waals surface area contributed by atoms with Crippen LogP contribution in [0.3, 0.4) is 0 Å². The predicted molar refractivity (Wildman–Crippen MR) is 163 cm³/mol. The van der Waals surface area contributed by atoms with Crippen molar-refractivity contribution in [1.82, 2.24) is 19.9 Å². The van der Waals surface area contributed by atoms with Gasteiger partial charge in [0.05, 0.1) is 22.8 Å². The van der Waals surface area contributed by atoms with Gasteiger partial charge in [0.15, 0.2) is 0 Å². The van der Waals surface area contributed by atoms with E-state index in [4.69, 9.17) is 9.97 Å². The fourth-order valence-corrected chi connectivity index (χ4v) is 6.21. The molecule has 0 saturated carbocycles. The summed E-state index contributed by atoms with van der Waals surface area (Å²) in [5.74, 6) is -2.24. The number of aromatic amines is 2. The molecule has 0 aromatic carbocycles. The summed E-state index contributed by atoms with van der Waals surface area (Å²) in [6.07, 6.45) is 1.98. The summed E-state index contributed by atoms with van der Waals surface area (Å²) in [5, 5.41) is 22.8. The van der Waals surface area contributed by atoms with Crippen molar-refractivity contribution in [2.24, 2.45) is 0 Å². The molecule has 5 heterocycles. The number of carbonyl (C=O) groups excluding carboxylic acids is 2. The second-order valence-corrected chi connectivity index (χ2v) is 11.1. The Balaban J connectivity index is 0.00000264. The average Bonchev–Trinajstić information content (AvgIpc) is 3.59. The zero-order chi connectivity index (χ0) is 30.3. The second-order valence-electron chi connectivity index (χ2n) is 11.1. The molecule has 8 bridgehead atoms. The van der Waals surface area contributed by atoms with Crippen LogP contribution in [-0.4, -0.2) is 31.9 Å². The molecule has 5 rings (SSSR count). The first-order chi connectivity index (χ1) is 20.0. The van der Waals surface area contributed by atoms with E-state index >= 15 is 0 Å². The van der Waals surface area contributed by atoms with Crippen LogP contribution in [0.15, 0.2) is 24.3 Å². The monoisotopic (exact) mass is 610 g/mol. The summed E-state index contributed by atoms with van der Waals surface area (Å²) in [6.45, 7) is 12.4. The fourth-order valence-electron chi connectivity index (χ4n) is 6.21. The number of aryl methyl sites for hydroxylation is 4. The SMILES string of the molecule is CCC1=C(C)c2cc3[nH]c(cc4nc(cc5[nH]c(cc1n2)c(C)c5CCC(=O)[O-])C(CCC(=O)[O-])=C4C)c(C)c3CC.[Na+].[Na+]. The second kappa shape index (κ2) is 14.8. The van der Waals surface area contributed by atoms with Crippen molar-refractivity contribution >= 4 is 56.3 Å². The van der Waals surface area contributed by atoms with Gasteiger partial charge in [0.1, 0.15) is 0 Å². The van der Waals surface area contributed by atoms with Crippen molar-refractivity contribution in [2.45, 2.75) is 80.1 Å². The average molecular weight is 611 g/mol. The van der Waals surface area contributed by atoms with Crippen LogP contribution in [0, 0.1) is 13.8 Å². The zero-order valence-electron chi connectivity index (χ0n) is 27.1. The van der Waals surface area contributed by atoms with E-state index in [2.05, 4.69) is 43.7 Å². The predicted octanol–water partition coefficient (Wildman–Crippen LogP) is -1.01. The van der Waals surface area contributed by atoms with Crippen LogP contribution in [0.4, 0.5) is 0 Å². The third kappa shape index (κ3) is 7.01. The molecule has 0 amide bonds. The molecule has 2 aliphatic rings. The fraction of sp³-hybridized carbons (Fsp3) is 0.353. The van der Waals surface area contributed by atoms with E-state index in [-0.39, 0.29) is 84.8 Å². The molecule has 0 spiro atoms. The minimum Gasteiger partial charge on any atom is -0.550 e. The molecule has 0 unspecified atom stereocenters. The number of nitrogens with one attached hydrogen (secondary N) is 2. The Labute approximate surface area is 302 Å². The Morgan fingerprint density at radius 3 is 1.59 bits per heavy atom. The molecule has 3 aromatic rings. The number of rotatable bonds is 8. The Kier molecular flexibility index (Phi) is 12.1. The summed E-state index contributed by atoms with van der Waals surface area (Å²) >= 11 is 0. The molecule has 2 aliphatic heterocycles. The van der Waals surface area contributed by atoms with E-state index in [1.807, 2.05) is 32.0 Å². The Morgan fingerprint density at radius 1 is 0.614 bits per heavy atom. The number of carboxylic acid groups (broad SMARTS) is 2. The molecular weight excluding hydrogens is 574 g/mol. The summed E-state index contributed by atoms with van der Waals surface area (Å²) in [4.78, 5) is 40.0.